The summed E-state index contributed by atoms with van der Waals surface area (Å²) >= 11 is 0. The lowest BCUT2D eigenvalue weighted by Crippen LogP contribution is -2.24. The van der Waals surface area contributed by atoms with Gasteiger partial charge in [-0.1, -0.05) is 59.7 Å². The number of anilines is 1. The van der Waals surface area contributed by atoms with Crippen LogP contribution in [0.2, 0.25) is 0 Å². The SMILES string of the molecule is Cc1ccc(C(=O)COC(=O)c2ccc(NC(=O)CCCC(=O)O[C@H](C)C(=O)c3ccc(C)cc3)cc2)cc1. The summed E-state index contributed by atoms with van der Waals surface area (Å²) in [7, 11) is 0. The van der Waals surface area contributed by atoms with E-state index in [9.17, 15) is 24.0 Å². The van der Waals surface area contributed by atoms with Crippen molar-refractivity contribution in [3.05, 3.63) is 101 Å². The van der Waals surface area contributed by atoms with Gasteiger partial charge in [0, 0.05) is 29.7 Å². The number of esters is 2. The molecule has 0 saturated heterocycles. The Morgan fingerprint density at radius 2 is 1.26 bits per heavy atom. The zero-order valence-electron chi connectivity index (χ0n) is 22.2. The lowest BCUT2D eigenvalue weighted by molar-refractivity contribution is -0.146. The third-order valence-electron chi connectivity index (χ3n) is 5.91. The number of carbonyl (C=O) groups excluding carboxylic acids is 5. The summed E-state index contributed by atoms with van der Waals surface area (Å²) in [6.45, 7) is 4.98. The molecule has 0 heterocycles. The van der Waals surface area contributed by atoms with Crippen LogP contribution in [0, 0.1) is 13.8 Å². The minimum absolute atomic E-state index is 0.00890. The van der Waals surface area contributed by atoms with Crippen molar-refractivity contribution < 1.29 is 33.4 Å². The third kappa shape index (κ3) is 9.03. The Hall–Kier alpha value is -4.59. The van der Waals surface area contributed by atoms with Crippen LogP contribution in [-0.2, 0) is 19.1 Å². The molecule has 1 N–H and O–H groups in total. The fraction of sp³-hybridized carbons (Fsp3) is 0.258. The first-order chi connectivity index (χ1) is 18.6. The molecular formula is C31H31NO7. The highest BCUT2D eigenvalue weighted by Crippen LogP contribution is 2.13. The van der Waals surface area contributed by atoms with Gasteiger partial charge in [-0.05, 0) is 51.5 Å². The molecule has 1 amide bonds. The molecule has 3 aromatic rings. The quantitative estimate of drug-likeness (QED) is 0.251. The molecule has 0 saturated carbocycles. The molecule has 3 aromatic carbocycles. The molecule has 0 fully saturated rings. The number of Topliss-reactive ketones (excluding diaryl/α,β-unsaturated/α-hetero) is 2. The molecule has 3 rings (SSSR count). The van der Waals surface area contributed by atoms with Crippen molar-refractivity contribution in [2.75, 3.05) is 11.9 Å². The van der Waals surface area contributed by atoms with Crippen LogP contribution in [0.4, 0.5) is 5.69 Å². The van der Waals surface area contributed by atoms with E-state index in [0.29, 0.717) is 16.8 Å². The van der Waals surface area contributed by atoms with Crippen LogP contribution in [0.15, 0.2) is 72.8 Å². The Bertz CT molecular complexity index is 1330. The molecule has 0 aromatic heterocycles. The Labute approximate surface area is 227 Å². The topological polar surface area (TPSA) is 116 Å². The van der Waals surface area contributed by atoms with E-state index in [1.54, 1.807) is 36.4 Å². The van der Waals surface area contributed by atoms with E-state index in [0.717, 1.165) is 11.1 Å². The normalized spacial score (nSPS) is 11.3. The van der Waals surface area contributed by atoms with Gasteiger partial charge >= 0.3 is 11.9 Å². The maximum absolute atomic E-state index is 12.4. The number of nitrogens with one attached hydrogen (secondary N) is 1. The number of hydrogen-bond donors (Lipinski definition) is 1. The molecular weight excluding hydrogens is 498 g/mol. The first-order valence-electron chi connectivity index (χ1n) is 12.6. The summed E-state index contributed by atoms with van der Waals surface area (Å²) in [6.07, 6.45) is -0.610. The van der Waals surface area contributed by atoms with E-state index in [2.05, 4.69) is 5.32 Å². The average Bonchev–Trinajstić information content (AvgIpc) is 2.92. The van der Waals surface area contributed by atoms with Crippen LogP contribution in [0.25, 0.3) is 0 Å². The lowest BCUT2D eigenvalue weighted by atomic mass is 10.1. The molecule has 8 heteroatoms. The largest absolute Gasteiger partial charge is 0.454 e. The molecule has 0 spiro atoms. The molecule has 0 aliphatic rings. The first kappa shape index (κ1) is 29.0. The first-order valence-corrected chi connectivity index (χ1v) is 12.6. The van der Waals surface area contributed by atoms with E-state index in [1.165, 1.54) is 19.1 Å². The number of benzene rings is 3. The molecule has 0 bridgehead atoms. The third-order valence-corrected chi connectivity index (χ3v) is 5.91. The highest BCUT2D eigenvalue weighted by atomic mass is 16.5. The second kappa shape index (κ2) is 13.8. The summed E-state index contributed by atoms with van der Waals surface area (Å²) in [6, 6.07) is 20.0. The molecule has 202 valence electrons. The average molecular weight is 530 g/mol. The summed E-state index contributed by atoms with van der Waals surface area (Å²) < 4.78 is 10.3. The summed E-state index contributed by atoms with van der Waals surface area (Å²) in [5, 5.41) is 2.69. The van der Waals surface area contributed by atoms with Crippen LogP contribution in [0.3, 0.4) is 0 Å². The van der Waals surface area contributed by atoms with Gasteiger partial charge in [0.15, 0.2) is 18.5 Å². The second-order valence-corrected chi connectivity index (χ2v) is 9.21. The number of ketones is 2. The van der Waals surface area contributed by atoms with Gasteiger partial charge in [-0.2, -0.15) is 0 Å². The maximum atomic E-state index is 12.4. The number of ether oxygens (including phenoxy) is 2. The van der Waals surface area contributed by atoms with Gasteiger partial charge in [0.25, 0.3) is 0 Å². The molecule has 0 unspecified atom stereocenters. The highest BCUT2D eigenvalue weighted by Gasteiger charge is 2.19. The van der Waals surface area contributed by atoms with E-state index < -0.39 is 18.0 Å². The highest BCUT2D eigenvalue weighted by molar-refractivity contribution is 6.00. The molecule has 39 heavy (non-hydrogen) atoms. The zero-order valence-corrected chi connectivity index (χ0v) is 22.2. The Balaban J connectivity index is 1.37. The predicted molar refractivity (Wildman–Crippen MR) is 146 cm³/mol. The van der Waals surface area contributed by atoms with Crippen LogP contribution in [-0.4, -0.2) is 42.1 Å². The van der Waals surface area contributed by atoms with E-state index in [1.807, 2.05) is 38.1 Å². The van der Waals surface area contributed by atoms with Gasteiger partial charge in [-0.15, -0.1) is 0 Å². The van der Waals surface area contributed by atoms with Gasteiger partial charge in [0.1, 0.15) is 0 Å². The van der Waals surface area contributed by atoms with Crippen LogP contribution in [0.1, 0.15) is 68.4 Å². The molecule has 8 nitrogen and oxygen atoms in total. The van der Waals surface area contributed by atoms with Crippen molar-refractivity contribution in [2.24, 2.45) is 0 Å². The van der Waals surface area contributed by atoms with Gasteiger partial charge in [-0.3, -0.25) is 19.2 Å². The van der Waals surface area contributed by atoms with Gasteiger partial charge in [0.05, 0.1) is 5.56 Å². The van der Waals surface area contributed by atoms with Crippen LogP contribution < -0.4 is 5.32 Å². The predicted octanol–water partition coefficient (Wildman–Crippen LogP) is 5.27. The Morgan fingerprint density at radius 3 is 1.85 bits per heavy atom. The number of carbonyl (C=O) groups is 5. The van der Waals surface area contributed by atoms with Crippen LogP contribution in [0.5, 0.6) is 0 Å². The van der Waals surface area contributed by atoms with Gasteiger partial charge in [-0.25, -0.2) is 4.79 Å². The standard InChI is InChI=1S/C31H31NO7/c1-20-7-11-23(12-8-20)27(33)19-38-31(37)25-15-17-26(18-16-25)32-28(34)5-4-6-29(35)39-22(3)30(36)24-13-9-21(2)10-14-24/h7-18,22H,4-6,19H2,1-3H3,(H,32,34)/t22-/m1/s1. The molecule has 0 aliphatic carbocycles. The summed E-state index contributed by atoms with van der Waals surface area (Å²) in [5.74, 6) is -2.11. The minimum Gasteiger partial charge on any atom is -0.454 e. The van der Waals surface area contributed by atoms with E-state index >= 15 is 0 Å². The van der Waals surface area contributed by atoms with Crippen molar-refractivity contribution >= 4 is 35.1 Å². The zero-order chi connectivity index (χ0) is 28.4. The fourth-order valence-electron chi connectivity index (χ4n) is 3.61. The monoisotopic (exact) mass is 529 g/mol. The Morgan fingerprint density at radius 1 is 0.718 bits per heavy atom. The van der Waals surface area contributed by atoms with Crippen LogP contribution >= 0.6 is 0 Å². The summed E-state index contributed by atoms with van der Waals surface area (Å²) in [5.41, 5.74) is 3.68. The van der Waals surface area contributed by atoms with Crippen molar-refractivity contribution in [3.63, 3.8) is 0 Å². The fourth-order valence-corrected chi connectivity index (χ4v) is 3.61. The number of aryl methyl sites for hydroxylation is 2. The lowest BCUT2D eigenvalue weighted by Gasteiger charge is -2.12. The number of hydrogen-bond acceptors (Lipinski definition) is 7. The van der Waals surface area contributed by atoms with Crippen molar-refractivity contribution in [1.29, 1.82) is 0 Å². The Kier molecular flexibility index (Phi) is 10.3. The number of amides is 1. The second-order valence-electron chi connectivity index (χ2n) is 9.21. The maximum Gasteiger partial charge on any atom is 0.338 e. The number of rotatable bonds is 12. The van der Waals surface area contributed by atoms with Crippen molar-refractivity contribution in [2.45, 2.75) is 46.1 Å². The van der Waals surface area contributed by atoms with Gasteiger partial charge < -0.3 is 14.8 Å². The van der Waals surface area contributed by atoms with Gasteiger partial charge in [0.2, 0.25) is 11.7 Å². The van der Waals surface area contributed by atoms with E-state index in [4.69, 9.17) is 9.47 Å². The smallest absolute Gasteiger partial charge is 0.338 e. The molecule has 0 aliphatic heterocycles. The molecule has 0 radical (unpaired) electrons. The molecule has 1 atom stereocenters. The van der Waals surface area contributed by atoms with Crippen molar-refractivity contribution in [1.82, 2.24) is 0 Å². The summed E-state index contributed by atoms with van der Waals surface area (Å²) in [4.78, 5) is 61.2. The van der Waals surface area contributed by atoms with E-state index in [-0.39, 0.29) is 48.9 Å². The van der Waals surface area contributed by atoms with Crippen molar-refractivity contribution in [3.8, 4) is 0 Å². The minimum atomic E-state index is -0.917.